The first-order valence-corrected chi connectivity index (χ1v) is 12.5. The Kier molecular flexibility index (Phi) is 10.5. The van der Waals surface area contributed by atoms with Gasteiger partial charge in [-0.15, -0.1) is 0 Å². The third-order valence-corrected chi connectivity index (χ3v) is 6.19. The van der Waals surface area contributed by atoms with E-state index >= 15 is 0 Å². The van der Waals surface area contributed by atoms with E-state index in [1.54, 1.807) is 38.5 Å². The Morgan fingerprint density at radius 2 is 1.62 bits per heavy atom. The van der Waals surface area contributed by atoms with E-state index in [-0.39, 0.29) is 24.8 Å². The van der Waals surface area contributed by atoms with Crippen LogP contribution in [0.2, 0.25) is 0 Å². The van der Waals surface area contributed by atoms with E-state index < -0.39 is 11.9 Å². The predicted molar refractivity (Wildman–Crippen MR) is 142 cm³/mol. The lowest BCUT2D eigenvalue weighted by Crippen LogP contribution is -2.50. The molecule has 196 valence electrons. The van der Waals surface area contributed by atoms with Crippen molar-refractivity contribution in [2.24, 2.45) is 0 Å². The van der Waals surface area contributed by atoms with Gasteiger partial charge in [0.1, 0.15) is 11.9 Å². The van der Waals surface area contributed by atoms with Gasteiger partial charge in [-0.1, -0.05) is 61.5 Å². The van der Waals surface area contributed by atoms with Crippen molar-refractivity contribution in [2.45, 2.75) is 45.2 Å². The van der Waals surface area contributed by atoms with E-state index in [0.717, 1.165) is 17.5 Å². The molecule has 1 N–H and O–H groups in total. The second-order valence-corrected chi connectivity index (χ2v) is 8.80. The van der Waals surface area contributed by atoms with Crippen molar-refractivity contribution in [1.29, 1.82) is 0 Å². The maximum absolute atomic E-state index is 14.6. The van der Waals surface area contributed by atoms with Crippen LogP contribution < -0.4 is 14.8 Å². The summed E-state index contributed by atoms with van der Waals surface area (Å²) in [6.45, 7) is 2.46. The fourth-order valence-corrected chi connectivity index (χ4v) is 4.16. The summed E-state index contributed by atoms with van der Waals surface area (Å²) in [5.74, 6) is 0.297. The van der Waals surface area contributed by atoms with Crippen molar-refractivity contribution in [3.05, 3.63) is 95.3 Å². The Morgan fingerprint density at radius 1 is 0.919 bits per heavy atom. The Labute approximate surface area is 218 Å². The number of amides is 2. The predicted octanol–water partition coefficient (Wildman–Crippen LogP) is 4.94. The van der Waals surface area contributed by atoms with Gasteiger partial charge in [0, 0.05) is 31.5 Å². The number of ether oxygens (including phenoxy) is 2. The zero-order chi connectivity index (χ0) is 26.6. The van der Waals surface area contributed by atoms with Crippen LogP contribution in [-0.2, 0) is 29.0 Å². The average molecular weight is 507 g/mol. The van der Waals surface area contributed by atoms with Gasteiger partial charge < -0.3 is 19.7 Å². The van der Waals surface area contributed by atoms with Crippen LogP contribution in [-0.4, -0.2) is 43.5 Å². The van der Waals surface area contributed by atoms with Crippen molar-refractivity contribution in [1.82, 2.24) is 10.2 Å². The number of hydrogen-bond acceptors (Lipinski definition) is 4. The number of hydrogen-bond donors (Lipinski definition) is 1. The van der Waals surface area contributed by atoms with Crippen LogP contribution in [0, 0.1) is 5.82 Å². The third-order valence-electron chi connectivity index (χ3n) is 6.19. The highest BCUT2D eigenvalue weighted by Crippen LogP contribution is 2.28. The molecule has 0 saturated heterocycles. The monoisotopic (exact) mass is 506 g/mol. The largest absolute Gasteiger partial charge is 0.493 e. The number of rotatable bonds is 13. The minimum Gasteiger partial charge on any atom is -0.493 e. The number of carbonyl (C=O) groups is 2. The van der Waals surface area contributed by atoms with Gasteiger partial charge in [-0.25, -0.2) is 4.39 Å². The molecule has 3 aromatic rings. The first-order valence-electron chi connectivity index (χ1n) is 12.5. The minimum absolute atomic E-state index is 0.00547. The highest BCUT2D eigenvalue weighted by Gasteiger charge is 2.30. The summed E-state index contributed by atoms with van der Waals surface area (Å²) in [6, 6.07) is 20.6. The maximum atomic E-state index is 14.6. The van der Waals surface area contributed by atoms with Crippen LogP contribution in [0.15, 0.2) is 72.8 Å². The fraction of sp³-hybridized carbons (Fsp3) is 0.333. The molecule has 0 bridgehead atoms. The van der Waals surface area contributed by atoms with Crippen LogP contribution in [0.1, 0.15) is 36.5 Å². The van der Waals surface area contributed by atoms with Gasteiger partial charge in [0.15, 0.2) is 11.5 Å². The van der Waals surface area contributed by atoms with Crippen molar-refractivity contribution < 1.29 is 23.5 Å². The summed E-state index contributed by atoms with van der Waals surface area (Å²) in [7, 11) is 3.13. The summed E-state index contributed by atoms with van der Waals surface area (Å²) in [5.41, 5.74) is 2.18. The molecule has 37 heavy (non-hydrogen) atoms. The molecule has 0 unspecified atom stereocenters. The van der Waals surface area contributed by atoms with Gasteiger partial charge in [-0.2, -0.15) is 0 Å². The topological polar surface area (TPSA) is 67.9 Å². The maximum Gasteiger partial charge on any atom is 0.243 e. The number of nitrogens with zero attached hydrogens (tertiary/aromatic N) is 1. The van der Waals surface area contributed by atoms with Gasteiger partial charge in [0.05, 0.1) is 14.2 Å². The Bertz CT molecular complexity index is 1170. The second-order valence-electron chi connectivity index (χ2n) is 8.80. The van der Waals surface area contributed by atoms with E-state index in [4.69, 9.17) is 9.47 Å². The van der Waals surface area contributed by atoms with Crippen molar-refractivity contribution in [3.8, 4) is 11.5 Å². The van der Waals surface area contributed by atoms with Gasteiger partial charge in [0.2, 0.25) is 11.8 Å². The molecule has 0 fully saturated rings. The molecule has 3 aromatic carbocycles. The molecule has 1 atom stereocenters. The van der Waals surface area contributed by atoms with Crippen LogP contribution in [0.5, 0.6) is 11.5 Å². The Hall–Kier alpha value is -3.87. The fourth-order valence-electron chi connectivity index (χ4n) is 4.16. The normalized spacial score (nSPS) is 11.5. The molecule has 0 aromatic heterocycles. The summed E-state index contributed by atoms with van der Waals surface area (Å²) >= 11 is 0. The van der Waals surface area contributed by atoms with Crippen LogP contribution >= 0.6 is 0 Å². The molecule has 6 nitrogen and oxygen atoms in total. The molecule has 0 aliphatic heterocycles. The summed E-state index contributed by atoms with van der Waals surface area (Å²) in [4.78, 5) is 28.5. The third kappa shape index (κ3) is 7.81. The van der Waals surface area contributed by atoms with E-state index in [9.17, 15) is 14.0 Å². The van der Waals surface area contributed by atoms with E-state index in [1.165, 1.54) is 11.0 Å². The summed E-state index contributed by atoms with van der Waals surface area (Å²) in [6.07, 6.45) is 1.68. The number of nitrogens with one attached hydrogen (secondary N) is 1. The van der Waals surface area contributed by atoms with E-state index in [0.29, 0.717) is 36.4 Å². The van der Waals surface area contributed by atoms with Crippen molar-refractivity contribution in [2.75, 3.05) is 20.8 Å². The standard InChI is InChI=1S/C30H35FN2O4/c1-4-18-32-30(35)26(19-22-10-6-5-7-11-22)33(21-24-12-8-9-13-25(24)31)29(34)17-15-23-14-16-27(36-2)28(20-23)37-3/h5-14,16,20,26H,4,15,17-19,21H2,1-3H3,(H,32,35)/t26-/m0/s1. The quantitative estimate of drug-likeness (QED) is 0.357. The first kappa shape index (κ1) is 27.7. The molecular formula is C30H35FN2O4. The molecule has 0 spiro atoms. The molecule has 0 heterocycles. The average Bonchev–Trinajstić information content (AvgIpc) is 2.93. The first-order chi connectivity index (χ1) is 18.0. The Morgan fingerprint density at radius 3 is 2.30 bits per heavy atom. The zero-order valence-electron chi connectivity index (χ0n) is 21.7. The van der Waals surface area contributed by atoms with E-state index in [1.807, 2.05) is 49.4 Å². The second kappa shape index (κ2) is 14.0. The number of carbonyl (C=O) groups excluding carboxylic acids is 2. The van der Waals surface area contributed by atoms with Gasteiger partial charge in [-0.05, 0) is 42.2 Å². The molecule has 3 rings (SSSR count). The number of aryl methyl sites for hydroxylation is 1. The van der Waals surface area contributed by atoms with Crippen molar-refractivity contribution >= 4 is 11.8 Å². The van der Waals surface area contributed by atoms with Crippen molar-refractivity contribution in [3.63, 3.8) is 0 Å². The lowest BCUT2D eigenvalue weighted by atomic mass is 10.0. The SMILES string of the molecule is CCCNC(=O)[C@H](Cc1ccccc1)N(Cc1ccccc1F)C(=O)CCc1ccc(OC)c(OC)c1. The number of halogens is 1. The molecule has 0 radical (unpaired) electrons. The summed E-state index contributed by atoms with van der Waals surface area (Å²) in [5, 5.41) is 2.93. The highest BCUT2D eigenvalue weighted by atomic mass is 19.1. The highest BCUT2D eigenvalue weighted by molar-refractivity contribution is 5.88. The smallest absolute Gasteiger partial charge is 0.243 e. The Balaban J connectivity index is 1.90. The summed E-state index contributed by atoms with van der Waals surface area (Å²) < 4.78 is 25.3. The molecule has 0 aliphatic rings. The lowest BCUT2D eigenvalue weighted by molar-refractivity contribution is -0.141. The molecule has 2 amide bonds. The van der Waals surface area contributed by atoms with Gasteiger partial charge in [-0.3, -0.25) is 9.59 Å². The molecule has 0 saturated carbocycles. The number of benzene rings is 3. The zero-order valence-corrected chi connectivity index (χ0v) is 21.7. The van der Waals surface area contributed by atoms with Gasteiger partial charge in [0.25, 0.3) is 0 Å². The van der Waals surface area contributed by atoms with E-state index in [2.05, 4.69) is 5.32 Å². The van der Waals surface area contributed by atoms with Gasteiger partial charge >= 0.3 is 0 Å². The van der Waals surface area contributed by atoms with Crippen LogP contribution in [0.4, 0.5) is 4.39 Å². The van der Waals surface area contributed by atoms with Crippen LogP contribution in [0.25, 0.3) is 0 Å². The minimum atomic E-state index is -0.786. The molecule has 7 heteroatoms. The van der Waals surface area contributed by atoms with Crippen LogP contribution in [0.3, 0.4) is 0 Å². The number of methoxy groups -OCH3 is 2. The molecular weight excluding hydrogens is 471 g/mol. The lowest BCUT2D eigenvalue weighted by Gasteiger charge is -2.32. The molecule has 0 aliphatic carbocycles.